The van der Waals surface area contributed by atoms with Crippen molar-refractivity contribution < 1.29 is 0 Å². The molecule has 0 unspecified atom stereocenters. The fraction of sp³-hybridized carbons (Fsp3) is 0.400. The zero-order valence-corrected chi connectivity index (χ0v) is 12.1. The van der Waals surface area contributed by atoms with Crippen LogP contribution in [-0.2, 0) is 13.0 Å². The summed E-state index contributed by atoms with van der Waals surface area (Å²) in [6, 6.07) is 8.71. The molecule has 0 fully saturated rings. The van der Waals surface area contributed by atoms with Gasteiger partial charge in [0, 0.05) is 11.4 Å². The number of nitrogens with zero attached hydrogens (tertiary/aromatic N) is 1. The Labute approximate surface area is 113 Å². The molecule has 0 aliphatic carbocycles. The molecule has 0 atom stereocenters. The van der Waals surface area contributed by atoms with E-state index in [2.05, 4.69) is 55.3 Å². The monoisotopic (exact) mass is 260 g/mol. The van der Waals surface area contributed by atoms with Gasteiger partial charge in [-0.25, -0.2) is 4.98 Å². The van der Waals surface area contributed by atoms with E-state index >= 15 is 0 Å². The van der Waals surface area contributed by atoms with E-state index in [1.54, 1.807) is 11.3 Å². The summed E-state index contributed by atoms with van der Waals surface area (Å²) in [5.74, 6) is 0. The van der Waals surface area contributed by atoms with Crippen LogP contribution in [0.4, 0.5) is 0 Å². The van der Waals surface area contributed by atoms with Crippen molar-refractivity contribution in [1.29, 1.82) is 0 Å². The quantitative estimate of drug-likeness (QED) is 0.833. The summed E-state index contributed by atoms with van der Waals surface area (Å²) in [6.45, 7) is 8.23. The average molecular weight is 260 g/mol. The summed E-state index contributed by atoms with van der Waals surface area (Å²) in [7, 11) is 0. The van der Waals surface area contributed by atoms with E-state index in [1.807, 2.05) is 0 Å². The first-order valence-electron chi connectivity index (χ1n) is 6.34. The molecule has 1 N–H and O–H groups in total. The fourth-order valence-electron chi connectivity index (χ4n) is 2.04. The van der Waals surface area contributed by atoms with E-state index in [4.69, 9.17) is 0 Å². The number of rotatable bonds is 5. The second kappa shape index (κ2) is 6.12. The molecule has 1 aromatic carbocycles. The number of aryl methyl sites for hydroxylation is 3. The first-order valence-corrected chi connectivity index (χ1v) is 7.16. The number of hydrogen-bond acceptors (Lipinski definition) is 3. The molecular formula is C15H20N2S. The molecule has 2 rings (SSSR count). The lowest BCUT2D eigenvalue weighted by Crippen LogP contribution is -2.16. The molecule has 0 aliphatic rings. The highest BCUT2D eigenvalue weighted by Crippen LogP contribution is 2.16. The molecule has 0 saturated heterocycles. The molecule has 1 heterocycles. The number of benzene rings is 1. The molecule has 96 valence electrons. The highest BCUT2D eigenvalue weighted by Gasteiger charge is 2.03. The molecule has 0 radical (unpaired) electrons. The normalized spacial score (nSPS) is 10.8. The third-order valence-electron chi connectivity index (χ3n) is 2.96. The number of aromatic nitrogens is 1. The van der Waals surface area contributed by atoms with Gasteiger partial charge in [-0.2, -0.15) is 0 Å². The molecule has 1 aromatic heterocycles. The molecule has 0 aliphatic heterocycles. The highest BCUT2D eigenvalue weighted by molar-refractivity contribution is 7.11. The van der Waals surface area contributed by atoms with E-state index in [0.29, 0.717) is 0 Å². The molecule has 0 bridgehead atoms. The summed E-state index contributed by atoms with van der Waals surface area (Å²) in [5.41, 5.74) is 3.90. The molecule has 0 saturated carbocycles. The van der Waals surface area contributed by atoms with Gasteiger partial charge in [0.15, 0.2) is 0 Å². The van der Waals surface area contributed by atoms with Gasteiger partial charge in [0.1, 0.15) is 0 Å². The van der Waals surface area contributed by atoms with Crippen LogP contribution in [0.3, 0.4) is 0 Å². The maximum atomic E-state index is 4.44. The number of thiazole rings is 1. The van der Waals surface area contributed by atoms with Gasteiger partial charge in [0.05, 0.1) is 10.7 Å². The van der Waals surface area contributed by atoms with Gasteiger partial charge in [-0.15, -0.1) is 11.3 Å². The third kappa shape index (κ3) is 3.65. The zero-order valence-electron chi connectivity index (χ0n) is 11.3. The van der Waals surface area contributed by atoms with Crippen LogP contribution in [0.1, 0.15) is 26.7 Å². The fourth-order valence-corrected chi connectivity index (χ4v) is 2.95. The average Bonchev–Trinajstić information content (AvgIpc) is 2.64. The van der Waals surface area contributed by atoms with Crippen LogP contribution in [0, 0.1) is 20.8 Å². The predicted octanol–water partition coefficient (Wildman–Crippen LogP) is 3.40. The lowest BCUT2D eigenvalue weighted by molar-refractivity contribution is 0.690. The highest BCUT2D eigenvalue weighted by atomic mass is 32.1. The van der Waals surface area contributed by atoms with Gasteiger partial charge in [0.2, 0.25) is 0 Å². The zero-order chi connectivity index (χ0) is 13.0. The second-order valence-corrected chi connectivity index (χ2v) is 5.95. The van der Waals surface area contributed by atoms with Crippen LogP contribution in [0.25, 0.3) is 0 Å². The van der Waals surface area contributed by atoms with Gasteiger partial charge in [-0.05, 0) is 39.3 Å². The Bertz CT molecular complexity index is 517. The number of hydrogen-bond donors (Lipinski definition) is 1. The first-order chi connectivity index (χ1) is 8.65. The molecule has 3 heteroatoms. The first kappa shape index (κ1) is 13.2. The largest absolute Gasteiger partial charge is 0.311 e. The smallest absolute Gasteiger partial charge is 0.0900 e. The van der Waals surface area contributed by atoms with Crippen molar-refractivity contribution in [2.24, 2.45) is 0 Å². The molecule has 0 amide bonds. The van der Waals surface area contributed by atoms with Gasteiger partial charge in [-0.1, -0.05) is 29.8 Å². The second-order valence-electron chi connectivity index (χ2n) is 4.66. The van der Waals surface area contributed by atoms with Gasteiger partial charge in [0.25, 0.3) is 0 Å². The van der Waals surface area contributed by atoms with Gasteiger partial charge >= 0.3 is 0 Å². The molecular weight excluding hydrogens is 240 g/mol. The summed E-state index contributed by atoms with van der Waals surface area (Å²) in [5, 5.41) is 4.65. The van der Waals surface area contributed by atoms with Crippen molar-refractivity contribution in [2.75, 3.05) is 6.54 Å². The van der Waals surface area contributed by atoms with E-state index in [0.717, 1.165) is 24.5 Å². The molecule has 0 spiro atoms. The number of nitrogens with one attached hydrogen (secondary N) is 1. The van der Waals surface area contributed by atoms with E-state index in [1.165, 1.54) is 21.7 Å². The topological polar surface area (TPSA) is 24.9 Å². The van der Waals surface area contributed by atoms with Crippen LogP contribution >= 0.6 is 11.3 Å². The lowest BCUT2D eigenvalue weighted by atomic mass is 10.1. The third-order valence-corrected chi connectivity index (χ3v) is 4.03. The predicted molar refractivity (Wildman–Crippen MR) is 78.2 cm³/mol. The minimum atomic E-state index is 0.934. The van der Waals surface area contributed by atoms with Gasteiger partial charge < -0.3 is 5.32 Å². The van der Waals surface area contributed by atoms with Gasteiger partial charge in [-0.3, -0.25) is 0 Å². The van der Waals surface area contributed by atoms with Crippen molar-refractivity contribution in [3.05, 3.63) is 51.0 Å². The van der Waals surface area contributed by atoms with Crippen molar-refractivity contribution in [2.45, 2.75) is 33.7 Å². The standard InChI is InChI=1S/C15H20N2S/c1-11-5-4-6-14(9-11)7-8-16-10-15-12(2)17-13(3)18-15/h4-6,9,16H,7-8,10H2,1-3H3. The summed E-state index contributed by atoms with van der Waals surface area (Å²) >= 11 is 1.79. The minimum Gasteiger partial charge on any atom is -0.311 e. The van der Waals surface area contributed by atoms with Crippen LogP contribution in [0.5, 0.6) is 0 Å². The van der Waals surface area contributed by atoms with Crippen molar-refractivity contribution in [1.82, 2.24) is 10.3 Å². The van der Waals surface area contributed by atoms with Crippen LogP contribution < -0.4 is 5.32 Å². The minimum absolute atomic E-state index is 0.934. The molecule has 2 nitrogen and oxygen atoms in total. The van der Waals surface area contributed by atoms with E-state index in [9.17, 15) is 0 Å². The van der Waals surface area contributed by atoms with Crippen LogP contribution in [0.15, 0.2) is 24.3 Å². The Morgan fingerprint density at radius 1 is 1.22 bits per heavy atom. The molecule has 2 aromatic rings. The Kier molecular flexibility index (Phi) is 4.50. The Morgan fingerprint density at radius 3 is 2.72 bits per heavy atom. The Morgan fingerprint density at radius 2 is 2.06 bits per heavy atom. The van der Waals surface area contributed by atoms with Crippen LogP contribution in [-0.4, -0.2) is 11.5 Å². The SMILES string of the molecule is Cc1cccc(CCNCc2sc(C)nc2C)c1. The van der Waals surface area contributed by atoms with E-state index < -0.39 is 0 Å². The maximum Gasteiger partial charge on any atom is 0.0900 e. The van der Waals surface area contributed by atoms with Crippen LogP contribution in [0.2, 0.25) is 0 Å². The Hall–Kier alpha value is -1.19. The van der Waals surface area contributed by atoms with E-state index in [-0.39, 0.29) is 0 Å². The summed E-state index contributed by atoms with van der Waals surface area (Å²) < 4.78 is 0. The summed E-state index contributed by atoms with van der Waals surface area (Å²) in [4.78, 5) is 5.80. The Balaban J connectivity index is 1.78. The van der Waals surface area contributed by atoms with Crippen molar-refractivity contribution in [3.8, 4) is 0 Å². The van der Waals surface area contributed by atoms with Crippen molar-refractivity contribution in [3.63, 3.8) is 0 Å². The van der Waals surface area contributed by atoms with Crippen molar-refractivity contribution >= 4 is 11.3 Å². The summed E-state index contributed by atoms with van der Waals surface area (Å²) in [6.07, 6.45) is 1.08. The molecule has 18 heavy (non-hydrogen) atoms. The maximum absolute atomic E-state index is 4.44. The lowest BCUT2D eigenvalue weighted by Gasteiger charge is -2.05.